The van der Waals surface area contributed by atoms with Gasteiger partial charge in [-0.2, -0.15) is 5.10 Å². The Kier molecular flexibility index (Phi) is 2.60. The zero-order valence-corrected chi connectivity index (χ0v) is 8.74. The van der Waals surface area contributed by atoms with Gasteiger partial charge in [0.25, 0.3) is 0 Å². The van der Waals surface area contributed by atoms with Crippen molar-refractivity contribution in [2.45, 2.75) is 6.92 Å². The monoisotopic (exact) mass is 203 g/mol. The van der Waals surface area contributed by atoms with E-state index in [1.807, 2.05) is 0 Å². The molecule has 0 radical (unpaired) electrons. The van der Waals surface area contributed by atoms with Crippen LogP contribution in [0.15, 0.2) is 12.3 Å². The van der Waals surface area contributed by atoms with Gasteiger partial charge in [0, 0.05) is 26.4 Å². The van der Waals surface area contributed by atoms with E-state index in [0.29, 0.717) is 5.82 Å². The maximum Gasteiger partial charge on any atom is 0.235 e. The Labute approximate surface area is 78.0 Å². The number of rotatable bonds is 3. The molecule has 1 aromatic heterocycles. The van der Waals surface area contributed by atoms with Gasteiger partial charge in [-0.25, -0.2) is 8.42 Å². The SMILES string of the molecule is CCS(=O)(=O)N(C)c1ccn(C)n1. The van der Waals surface area contributed by atoms with Gasteiger partial charge >= 0.3 is 0 Å². The van der Waals surface area contributed by atoms with E-state index in [9.17, 15) is 8.42 Å². The largest absolute Gasteiger partial charge is 0.274 e. The molecule has 1 aromatic rings. The van der Waals surface area contributed by atoms with Crippen molar-refractivity contribution in [3.63, 3.8) is 0 Å². The van der Waals surface area contributed by atoms with Gasteiger partial charge in [0.2, 0.25) is 10.0 Å². The van der Waals surface area contributed by atoms with Crippen LogP contribution in [0.5, 0.6) is 0 Å². The molecule has 13 heavy (non-hydrogen) atoms. The molecule has 0 saturated carbocycles. The molecule has 0 spiro atoms. The summed E-state index contributed by atoms with van der Waals surface area (Å²) in [6, 6.07) is 1.66. The molecule has 0 saturated heterocycles. The zero-order chi connectivity index (χ0) is 10.1. The molecule has 0 atom stereocenters. The number of nitrogens with zero attached hydrogens (tertiary/aromatic N) is 3. The van der Waals surface area contributed by atoms with Crippen LogP contribution < -0.4 is 4.31 Å². The highest BCUT2D eigenvalue weighted by Crippen LogP contribution is 2.11. The van der Waals surface area contributed by atoms with Gasteiger partial charge in [-0.3, -0.25) is 8.99 Å². The van der Waals surface area contributed by atoms with Crippen LogP contribution >= 0.6 is 0 Å². The Bertz CT molecular complexity index is 382. The van der Waals surface area contributed by atoms with E-state index >= 15 is 0 Å². The van der Waals surface area contributed by atoms with Crippen LogP contribution in [0.3, 0.4) is 0 Å². The van der Waals surface area contributed by atoms with Crippen LogP contribution in [0.1, 0.15) is 6.92 Å². The molecular weight excluding hydrogens is 190 g/mol. The van der Waals surface area contributed by atoms with Gasteiger partial charge in [-0.05, 0) is 6.92 Å². The summed E-state index contributed by atoms with van der Waals surface area (Å²) in [5.74, 6) is 0.532. The standard InChI is InChI=1S/C7H13N3O2S/c1-4-13(11,12)10(3)7-5-6-9(2)8-7/h5-6H,4H2,1-3H3. The lowest BCUT2D eigenvalue weighted by Crippen LogP contribution is -2.28. The van der Waals surface area contributed by atoms with Crippen molar-refractivity contribution < 1.29 is 8.42 Å². The molecule has 6 heteroatoms. The zero-order valence-electron chi connectivity index (χ0n) is 7.93. The Balaban J connectivity index is 2.98. The van der Waals surface area contributed by atoms with Crippen molar-refractivity contribution in [3.05, 3.63) is 12.3 Å². The van der Waals surface area contributed by atoms with E-state index in [0.717, 1.165) is 0 Å². The predicted molar refractivity (Wildman–Crippen MR) is 51.1 cm³/mol. The Morgan fingerprint density at radius 3 is 2.62 bits per heavy atom. The van der Waals surface area contributed by atoms with E-state index in [2.05, 4.69) is 5.10 Å². The highest BCUT2D eigenvalue weighted by atomic mass is 32.2. The van der Waals surface area contributed by atoms with Crippen molar-refractivity contribution in [2.75, 3.05) is 17.1 Å². The lowest BCUT2D eigenvalue weighted by molar-refractivity contribution is 0.594. The minimum atomic E-state index is -3.18. The first-order valence-electron chi connectivity index (χ1n) is 3.93. The van der Waals surface area contributed by atoms with Gasteiger partial charge in [0.05, 0.1) is 5.75 Å². The summed E-state index contributed by atoms with van der Waals surface area (Å²) in [6.45, 7) is 1.61. The van der Waals surface area contributed by atoms with Crippen molar-refractivity contribution in [1.29, 1.82) is 0 Å². The molecule has 1 heterocycles. The minimum absolute atomic E-state index is 0.0834. The van der Waals surface area contributed by atoms with Crippen LogP contribution in [0, 0.1) is 0 Å². The smallest absolute Gasteiger partial charge is 0.235 e. The third-order valence-electron chi connectivity index (χ3n) is 1.80. The van der Waals surface area contributed by atoms with Gasteiger partial charge in [0.1, 0.15) is 0 Å². The molecule has 0 aliphatic carbocycles. The van der Waals surface area contributed by atoms with Crippen molar-refractivity contribution >= 4 is 15.8 Å². The predicted octanol–water partition coefficient (Wildman–Crippen LogP) is 0.206. The quantitative estimate of drug-likeness (QED) is 0.705. The Morgan fingerprint density at radius 1 is 1.62 bits per heavy atom. The molecular formula is C7H13N3O2S. The van der Waals surface area contributed by atoms with E-state index in [4.69, 9.17) is 0 Å². The van der Waals surface area contributed by atoms with E-state index in [-0.39, 0.29) is 5.75 Å². The van der Waals surface area contributed by atoms with E-state index in [1.165, 1.54) is 11.4 Å². The Hall–Kier alpha value is -1.04. The van der Waals surface area contributed by atoms with Gasteiger partial charge in [-0.1, -0.05) is 0 Å². The molecule has 0 fully saturated rings. The molecule has 0 aliphatic heterocycles. The maximum atomic E-state index is 11.4. The lowest BCUT2D eigenvalue weighted by Gasteiger charge is -2.14. The van der Waals surface area contributed by atoms with Crippen LogP contribution in [0.25, 0.3) is 0 Å². The third kappa shape index (κ3) is 2.00. The first kappa shape index (κ1) is 10.0. The number of aryl methyl sites for hydroxylation is 1. The summed E-state index contributed by atoms with van der Waals surface area (Å²) in [4.78, 5) is 0. The maximum absolute atomic E-state index is 11.4. The Morgan fingerprint density at radius 2 is 2.23 bits per heavy atom. The second kappa shape index (κ2) is 3.37. The molecule has 0 N–H and O–H groups in total. The number of hydrogen-bond donors (Lipinski definition) is 0. The van der Waals surface area contributed by atoms with Crippen molar-refractivity contribution in [2.24, 2.45) is 7.05 Å². The summed E-state index contributed by atoms with van der Waals surface area (Å²) >= 11 is 0. The van der Waals surface area contributed by atoms with Crippen LogP contribution in [0.4, 0.5) is 5.82 Å². The number of hydrogen-bond acceptors (Lipinski definition) is 3. The summed E-state index contributed by atoms with van der Waals surface area (Å²) in [5, 5.41) is 3.99. The second-order valence-corrected chi connectivity index (χ2v) is 5.00. The van der Waals surface area contributed by atoms with Crippen molar-refractivity contribution in [1.82, 2.24) is 9.78 Å². The third-order valence-corrected chi connectivity index (χ3v) is 3.56. The molecule has 1 rings (SSSR count). The number of aromatic nitrogens is 2. The van der Waals surface area contributed by atoms with Crippen LogP contribution in [-0.2, 0) is 17.1 Å². The fraction of sp³-hybridized carbons (Fsp3) is 0.571. The van der Waals surface area contributed by atoms with E-state index in [1.54, 1.807) is 30.9 Å². The molecule has 74 valence electrons. The minimum Gasteiger partial charge on any atom is -0.274 e. The number of anilines is 1. The first-order chi connectivity index (χ1) is 5.97. The van der Waals surface area contributed by atoms with Gasteiger partial charge in [-0.15, -0.1) is 0 Å². The molecule has 0 aromatic carbocycles. The molecule has 5 nitrogen and oxygen atoms in total. The highest BCUT2D eigenvalue weighted by Gasteiger charge is 2.17. The fourth-order valence-electron chi connectivity index (χ4n) is 0.907. The van der Waals surface area contributed by atoms with Crippen LogP contribution in [0.2, 0.25) is 0 Å². The fourth-order valence-corrected chi connectivity index (χ4v) is 1.68. The number of sulfonamides is 1. The molecule has 0 bridgehead atoms. The summed E-state index contributed by atoms with van der Waals surface area (Å²) in [6.07, 6.45) is 1.71. The second-order valence-electron chi connectivity index (χ2n) is 2.72. The van der Waals surface area contributed by atoms with Crippen LogP contribution in [-0.4, -0.2) is 31.0 Å². The molecule has 0 unspecified atom stereocenters. The van der Waals surface area contributed by atoms with Gasteiger partial charge < -0.3 is 0 Å². The molecule has 0 aliphatic rings. The normalized spacial score (nSPS) is 11.6. The summed E-state index contributed by atoms with van der Waals surface area (Å²) in [7, 11) is 0.0667. The van der Waals surface area contributed by atoms with Gasteiger partial charge in [0.15, 0.2) is 5.82 Å². The summed E-state index contributed by atoms with van der Waals surface area (Å²) in [5.41, 5.74) is 0. The highest BCUT2D eigenvalue weighted by molar-refractivity contribution is 7.92. The first-order valence-corrected chi connectivity index (χ1v) is 5.54. The molecule has 0 amide bonds. The topological polar surface area (TPSA) is 55.2 Å². The average molecular weight is 203 g/mol. The average Bonchev–Trinajstić information content (AvgIpc) is 2.50. The van der Waals surface area contributed by atoms with E-state index < -0.39 is 10.0 Å². The lowest BCUT2D eigenvalue weighted by atomic mass is 10.6. The van der Waals surface area contributed by atoms with Crippen molar-refractivity contribution in [3.8, 4) is 0 Å². The summed E-state index contributed by atoms with van der Waals surface area (Å²) < 4.78 is 25.5.